The first-order chi connectivity index (χ1) is 11.0. The van der Waals surface area contributed by atoms with Gasteiger partial charge in [-0.15, -0.1) is 0 Å². The van der Waals surface area contributed by atoms with Crippen molar-refractivity contribution < 1.29 is 14.4 Å². The Balaban J connectivity index is 1.81. The van der Waals surface area contributed by atoms with Gasteiger partial charge in [-0.3, -0.25) is 10.1 Å². The van der Waals surface area contributed by atoms with Gasteiger partial charge >= 0.3 is 0 Å². The summed E-state index contributed by atoms with van der Waals surface area (Å²) in [4.78, 5) is 11.5. The highest BCUT2D eigenvalue weighted by Gasteiger charge is 2.61. The molecule has 2 bridgehead atoms. The number of rotatable bonds is 2. The summed E-state index contributed by atoms with van der Waals surface area (Å²) in [6.45, 7) is 0. The van der Waals surface area contributed by atoms with Gasteiger partial charge in [-0.2, -0.15) is 0 Å². The molecule has 4 unspecified atom stereocenters. The highest BCUT2D eigenvalue weighted by Crippen LogP contribution is 2.55. The molecule has 3 fully saturated rings. The Hall–Kier alpha value is -1.59. The maximum atomic E-state index is 11.7. The summed E-state index contributed by atoms with van der Waals surface area (Å²) in [5, 5.41) is 12.3. The molecule has 0 radical (unpaired) electrons. The predicted molar refractivity (Wildman–Crippen MR) is 86.0 cm³/mol. The molecule has 1 aliphatic heterocycles. The van der Waals surface area contributed by atoms with Crippen LogP contribution in [0.15, 0.2) is 23.9 Å². The van der Waals surface area contributed by atoms with Crippen molar-refractivity contribution in [1.82, 2.24) is 0 Å². The molecule has 6 heteroatoms. The fourth-order valence-electron chi connectivity index (χ4n) is 4.58. The molecule has 1 spiro atoms. The van der Waals surface area contributed by atoms with Crippen LogP contribution in [0.5, 0.6) is 5.75 Å². The van der Waals surface area contributed by atoms with E-state index in [4.69, 9.17) is 21.1 Å². The molecule has 4 atom stereocenters. The Morgan fingerprint density at radius 3 is 2.91 bits per heavy atom. The lowest BCUT2D eigenvalue weighted by Crippen LogP contribution is -2.59. The third-order valence-electron chi connectivity index (χ3n) is 5.64. The molecule has 23 heavy (non-hydrogen) atoms. The summed E-state index contributed by atoms with van der Waals surface area (Å²) in [6.07, 6.45) is 5.28. The van der Waals surface area contributed by atoms with Crippen LogP contribution < -0.4 is 4.74 Å². The zero-order valence-electron chi connectivity index (χ0n) is 12.8. The zero-order chi connectivity index (χ0) is 16.2. The summed E-state index contributed by atoms with van der Waals surface area (Å²) in [6, 6.07) is 5.28. The van der Waals surface area contributed by atoms with Gasteiger partial charge < -0.3 is 9.47 Å². The topological polar surface area (TPSA) is 61.6 Å². The molecule has 1 aromatic carbocycles. The lowest BCUT2D eigenvalue weighted by atomic mass is 9.59. The summed E-state index contributed by atoms with van der Waals surface area (Å²) in [5.74, 6) is 1.10. The number of fused-ring (bicyclic) bond motifs is 3. The van der Waals surface area contributed by atoms with Gasteiger partial charge in [-0.1, -0.05) is 11.6 Å². The number of benzene rings is 1. The maximum absolute atomic E-state index is 11.7. The van der Waals surface area contributed by atoms with E-state index in [9.17, 15) is 10.1 Å². The van der Waals surface area contributed by atoms with Crippen LogP contribution in [0.25, 0.3) is 6.08 Å². The van der Waals surface area contributed by atoms with Gasteiger partial charge in [-0.25, -0.2) is 0 Å². The maximum Gasteiger partial charge on any atom is 0.290 e. The number of ether oxygens (including phenoxy) is 2. The molecule has 1 heterocycles. The molecule has 5 rings (SSSR count). The number of methoxy groups -OCH3 is 1. The molecule has 0 aromatic heterocycles. The smallest absolute Gasteiger partial charge is 0.290 e. The van der Waals surface area contributed by atoms with Crippen LogP contribution in [0.4, 0.5) is 0 Å². The van der Waals surface area contributed by atoms with E-state index in [0.717, 1.165) is 19.3 Å². The van der Waals surface area contributed by atoms with Gasteiger partial charge in [0.25, 0.3) is 5.70 Å². The molecule has 122 valence electrons. The second kappa shape index (κ2) is 5.21. The summed E-state index contributed by atoms with van der Waals surface area (Å²) >= 11 is 6.01. The SMILES string of the molecule is COC1CC2CCC1CC21Oc2ccc(Cl)cc2C=C1[N+](=O)[O-]. The van der Waals surface area contributed by atoms with Gasteiger partial charge in [-0.05, 0) is 43.4 Å². The van der Waals surface area contributed by atoms with Gasteiger partial charge in [0.2, 0.25) is 5.60 Å². The first kappa shape index (κ1) is 15.0. The van der Waals surface area contributed by atoms with E-state index in [-0.39, 0.29) is 22.6 Å². The van der Waals surface area contributed by atoms with Crippen molar-refractivity contribution >= 4 is 17.7 Å². The predicted octanol–water partition coefficient (Wildman–Crippen LogP) is 3.92. The van der Waals surface area contributed by atoms with Crippen LogP contribution in [-0.4, -0.2) is 23.7 Å². The Kier molecular flexibility index (Phi) is 3.39. The Bertz CT molecular complexity index is 704. The highest BCUT2D eigenvalue weighted by molar-refractivity contribution is 6.30. The van der Waals surface area contributed by atoms with Crippen LogP contribution in [0.3, 0.4) is 0 Å². The van der Waals surface area contributed by atoms with Crippen molar-refractivity contribution in [2.24, 2.45) is 11.8 Å². The van der Waals surface area contributed by atoms with E-state index in [1.807, 2.05) is 6.07 Å². The van der Waals surface area contributed by atoms with Crippen molar-refractivity contribution in [3.63, 3.8) is 0 Å². The summed E-state index contributed by atoms with van der Waals surface area (Å²) in [7, 11) is 1.72. The average Bonchev–Trinajstić information content (AvgIpc) is 2.55. The number of nitro groups is 1. The van der Waals surface area contributed by atoms with Crippen LogP contribution in [0.2, 0.25) is 5.02 Å². The van der Waals surface area contributed by atoms with Crippen molar-refractivity contribution in [2.45, 2.75) is 37.4 Å². The standard InChI is InChI=1S/C17H18ClNO4/c1-22-15-8-12-3-2-10(15)9-17(12)16(19(20)21)7-11-6-13(18)4-5-14(11)23-17/h4-7,10,12,15H,2-3,8-9H2,1H3. The van der Waals surface area contributed by atoms with E-state index in [2.05, 4.69) is 0 Å². The lowest BCUT2D eigenvalue weighted by molar-refractivity contribution is -0.448. The molecular formula is C17H18ClNO4. The summed E-state index contributed by atoms with van der Waals surface area (Å²) < 4.78 is 11.9. The molecule has 3 saturated carbocycles. The molecule has 0 saturated heterocycles. The fourth-order valence-corrected chi connectivity index (χ4v) is 4.76. The van der Waals surface area contributed by atoms with E-state index >= 15 is 0 Å². The molecule has 0 N–H and O–H groups in total. The molecular weight excluding hydrogens is 318 g/mol. The second-order valence-corrected chi connectivity index (χ2v) is 7.15. The minimum absolute atomic E-state index is 0.109. The molecule has 1 aromatic rings. The number of hydrogen-bond donors (Lipinski definition) is 0. The molecule has 5 nitrogen and oxygen atoms in total. The largest absolute Gasteiger partial charge is 0.475 e. The van der Waals surface area contributed by atoms with Crippen molar-refractivity contribution in [1.29, 1.82) is 0 Å². The third kappa shape index (κ3) is 2.17. The number of hydrogen-bond acceptors (Lipinski definition) is 4. The quantitative estimate of drug-likeness (QED) is 0.607. The van der Waals surface area contributed by atoms with Crippen LogP contribution in [-0.2, 0) is 4.74 Å². The fraction of sp³-hybridized carbons (Fsp3) is 0.529. The number of halogens is 1. The van der Waals surface area contributed by atoms with E-state index in [1.165, 1.54) is 0 Å². The lowest BCUT2D eigenvalue weighted by Gasteiger charge is -2.52. The van der Waals surface area contributed by atoms with Crippen molar-refractivity contribution in [2.75, 3.05) is 7.11 Å². The van der Waals surface area contributed by atoms with Gasteiger partial charge in [0.1, 0.15) is 5.75 Å². The van der Waals surface area contributed by atoms with Crippen molar-refractivity contribution in [3.05, 3.63) is 44.6 Å². The molecule has 0 amide bonds. The average molecular weight is 336 g/mol. The van der Waals surface area contributed by atoms with Crippen LogP contribution in [0, 0.1) is 22.0 Å². The Morgan fingerprint density at radius 1 is 1.43 bits per heavy atom. The normalized spacial score (nSPS) is 34.7. The van der Waals surface area contributed by atoms with Crippen LogP contribution >= 0.6 is 11.6 Å². The van der Waals surface area contributed by atoms with Gasteiger partial charge in [0.15, 0.2) is 0 Å². The van der Waals surface area contributed by atoms with E-state index in [1.54, 1.807) is 25.3 Å². The highest BCUT2D eigenvalue weighted by atomic mass is 35.5. The molecule has 3 aliphatic carbocycles. The number of nitrogens with zero attached hydrogens (tertiary/aromatic N) is 1. The second-order valence-electron chi connectivity index (χ2n) is 6.71. The first-order valence-electron chi connectivity index (χ1n) is 7.91. The third-order valence-corrected chi connectivity index (χ3v) is 5.88. The van der Waals surface area contributed by atoms with E-state index in [0.29, 0.717) is 28.7 Å². The molecule has 4 aliphatic rings. The Labute approximate surface area is 139 Å². The minimum Gasteiger partial charge on any atom is -0.475 e. The Morgan fingerprint density at radius 2 is 2.26 bits per heavy atom. The monoisotopic (exact) mass is 335 g/mol. The zero-order valence-corrected chi connectivity index (χ0v) is 13.6. The minimum atomic E-state index is -0.831. The van der Waals surface area contributed by atoms with E-state index < -0.39 is 5.60 Å². The van der Waals surface area contributed by atoms with Gasteiger partial charge in [0, 0.05) is 36.1 Å². The van der Waals surface area contributed by atoms with Gasteiger partial charge in [0.05, 0.1) is 11.0 Å². The van der Waals surface area contributed by atoms with Crippen molar-refractivity contribution in [3.8, 4) is 5.75 Å². The van der Waals surface area contributed by atoms with Crippen LogP contribution in [0.1, 0.15) is 31.2 Å². The summed E-state index contributed by atoms with van der Waals surface area (Å²) in [5.41, 5.74) is 0.0125. The first-order valence-corrected chi connectivity index (χ1v) is 8.29.